The summed E-state index contributed by atoms with van der Waals surface area (Å²) in [5.74, 6) is 3.55. The average Bonchev–Trinajstić information content (AvgIpc) is 3.16. The van der Waals surface area contributed by atoms with E-state index in [1.54, 1.807) is 18.3 Å². The minimum atomic E-state index is -0.0981. The summed E-state index contributed by atoms with van der Waals surface area (Å²) in [6.45, 7) is 4.85. The lowest BCUT2D eigenvalue weighted by Crippen LogP contribution is -2.54. The number of carbonyl (C=O) groups is 1. The van der Waals surface area contributed by atoms with Crippen LogP contribution in [-0.4, -0.2) is 53.6 Å². The molecule has 0 spiro atoms. The Balaban J connectivity index is 1.54. The Kier molecular flexibility index (Phi) is 5.44. The van der Waals surface area contributed by atoms with Crippen LogP contribution < -0.4 is 10.2 Å². The SMILES string of the molecule is C#C[C@H]1CCCN1C(=O)CNC1(C)CCN(c2ncccc2C#N)CC1. The van der Waals surface area contributed by atoms with E-state index < -0.39 is 0 Å². The van der Waals surface area contributed by atoms with Crippen LogP contribution in [-0.2, 0) is 4.79 Å². The van der Waals surface area contributed by atoms with Crippen LogP contribution in [0, 0.1) is 23.7 Å². The van der Waals surface area contributed by atoms with Crippen LogP contribution in [0.4, 0.5) is 5.82 Å². The van der Waals surface area contributed by atoms with Crippen LogP contribution >= 0.6 is 0 Å². The molecule has 0 bridgehead atoms. The van der Waals surface area contributed by atoms with E-state index >= 15 is 0 Å². The van der Waals surface area contributed by atoms with Crippen molar-refractivity contribution < 1.29 is 4.79 Å². The molecule has 6 heteroatoms. The quantitative estimate of drug-likeness (QED) is 0.833. The maximum absolute atomic E-state index is 12.5. The third kappa shape index (κ3) is 3.81. The Bertz CT molecular complexity index is 739. The lowest BCUT2D eigenvalue weighted by Gasteiger charge is -2.41. The number of carbonyl (C=O) groups excluding carboxylic acids is 1. The zero-order chi connectivity index (χ0) is 18.6. The van der Waals surface area contributed by atoms with Crippen LogP contribution in [0.3, 0.4) is 0 Å². The highest BCUT2D eigenvalue weighted by Crippen LogP contribution is 2.27. The second-order valence-electron chi connectivity index (χ2n) is 7.30. The maximum atomic E-state index is 12.5. The van der Waals surface area contributed by atoms with Gasteiger partial charge in [0, 0.05) is 31.4 Å². The van der Waals surface area contributed by atoms with Gasteiger partial charge in [0.05, 0.1) is 18.2 Å². The molecule has 0 aromatic carbocycles. The number of hydrogen-bond acceptors (Lipinski definition) is 5. The number of piperidine rings is 1. The summed E-state index contributed by atoms with van der Waals surface area (Å²) < 4.78 is 0. The third-order valence-corrected chi connectivity index (χ3v) is 5.51. The van der Waals surface area contributed by atoms with Gasteiger partial charge in [-0.1, -0.05) is 5.92 Å². The number of terminal acetylenes is 1. The van der Waals surface area contributed by atoms with Crippen LogP contribution in [0.2, 0.25) is 0 Å². The van der Waals surface area contributed by atoms with Crippen molar-refractivity contribution in [2.45, 2.75) is 44.2 Å². The number of nitrogens with zero attached hydrogens (tertiary/aromatic N) is 4. The zero-order valence-electron chi connectivity index (χ0n) is 15.2. The predicted octanol–water partition coefficient (Wildman–Crippen LogP) is 1.53. The number of amides is 1. The Hall–Kier alpha value is -2.57. The van der Waals surface area contributed by atoms with Gasteiger partial charge in [-0.2, -0.15) is 5.26 Å². The summed E-state index contributed by atoms with van der Waals surface area (Å²) in [5.41, 5.74) is 0.507. The number of pyridine rings is 1. The molecule has 3 rings (SSSR count). The maximum Gasteiger partial charge on any atom is 0.237 e. The van der Waals surface area contributed by atoms with Crippen molar-refractivity contribution in [3.63, 3.8) is 0 Å². The molecule has 1 atom stereocenters. The van der Waals surface area contributed by atoms with Gasteiger partial charge in [0.1, 0.15) is 11.9 Å². The molecular formula is C20H25N5O. The first kappa shape index (κ1) is 18.2. The van der Waals surface area contributed by atoms with E-state index in [4.69, 9.17) is 6.42 Å². The number of nitriles is 1. The summed E-state index contributed by atoms with van der Waals surface area (Å²) in [6, 6.07) is 5.74. The molecule has 0 aliphatic carbocycles. The van der Waals surface area contributed by atoms with Gasteiger partial charge in [0.2, 0.25) is 5.91 Å². The zero-order valence-corrected chi connectivity index (χ0v) is 15.2. The second kappa shape index (κ2) is 7.76. The number of nitrogens with one attached hydrogen (secondary N) is 1. The van der Waals surface area contributed by atoms with Gasteiger partial charge in [0.15, 0.2) is 0 Å². The van der Waals surface area contributed by atoms with Gasteiger partial charge >= 0.3 is 0 Å². The van der Waals surface area contributed by atoms with E-state index in [1.165, 1.54) is 0 Å². The molecule has 26 heavy (non-hydrogen) atoms. The number of likely N-dealkylation sites (tertiary alicyclic amines) is 1. The molecule has 2 aliphatic rings. The Labute approximate surface area is 155 Å². The Morgan fingerprint density at radius 1 is 1.46 bits per heavy atom. The van der Waals surface area contributed by atoms with Gasteiger partial charge in [-0.15, -0.1) is 6.42 Å². The van der Waals surface area contributed by atoms with Crippen molar-refractivity contribution in [1.29, 1.82) is 5.26 Å². The van der Waals surface area contributed by atoms with Crippen LogP contribution in [0.15, 0.2) is 18.3 Å². The highest BCUT2D eigenvalue weighted by atomic mass is 16.2. The summed E-state index contributed by atoms with van der Waals surface area (Å²) in [6.07, 6.45) is 10.9. The molecule has 1 aromatic heterocycles. The number of rotatable bonds is 4. The Morgan fingerprint density at radius 2 is 2.23 bits per heavy atom. The molecule has 0 radical (unpaired) electrons. The fourth-order valence-electron chi connectivity index (χ4n) is 3.75. The molecule has 6 nitrogen and oxygen atoms in total. The van der Waals surface area contributed by atoms with E-state index in [9.17, 15) is 10.1 Å². The van der Waals surface area contributed by atoms with Crippen molar-refractivity contribution in [1.82, 2.24) is 15.2 Å². The topological polar surface area (TPSA) is 72.3 Å². The van der Waals surface area contributed by atoms with Gasteiger partial charge < -0.3 is 15.1 Å². The molecule has 136 valence electrons. The molecule has 0 unspecified atom stereocenters. The first-order valence-corrected chi connectivity index (χ1v) is 9.17. The first-order valence-electron chi connectivity index (χ1n) is 9.17. The first-order chi connectivity index (χ1) is 12.6. The van der Waals surface area contributed by atoms with Crippen molar-refractivity contribution in [3.05, 3.63) is 23.9 Å². The van der Waals surface area contributed by atoms with Crippen molar-refractivity contribution in [2.24, 2.45) is 0 Å². The molecule has 2 saturated heterocycles. The van der Waals surface area contributed by atoms with Crippen molar-refractivity contribution >= 4 is 11.7 Å². The van der Waals surface area contributed by atoms with Crippen molar-refractivity contribution in [3.8, 4) is 18.4 Å². The van der Waals surface area contributed by atoms with Gasteiger partial charge in [0.25, 0.3) is 0 Å². The molecule has 2 aliphatic heterocycles. The lowest BCUT2D eigenvalue weighted by molar-refractivity contribution is -0.130. The lowest BCUT2D eigenvalue weighted by atomic mass is 9.89. The number of anilines is 1. The van der Waals surface area contributed by atoms with Crippen molar-refractivity contribution in [2.75, 3.05) is 31.1 Å². The smallest absolute Gasteiger partial charge is 0.237 e. The van der Waals surface area contributed by atoms with Gasteiger partial charge in [-0.3, -0.25) is 4.79 Å². The van der Waals surface area contributed by atoms with Gasteiger partial charge in [-0.05, 0) is 44.7 Å². The minimum Gasteiger partial charge on any atom is -0.355 e. The molecule has 3 heterocycles. The molecular weight excluding hydrogens is 326 g/mol. The van der Waals surface area contributed by atoms with E-state index in [0.717, 1.165) is 51.1 Å². The molecule has 2 fully saturated rings. The van der Waals surface area contributed by atoms with Crippen LogP contribution in [0.1, 0.15) is 38.2 Å². The monoisotopic (exact) mass is 351 g/mol. The summed E-state index contributed by atoms with van der Waals surface area (Å²) in [4.78, 5) is 20.8. The van der Waals surface area contributed by atoms with Crippen LogP contribution in [0.25, 0.3) is 0 Å². The average molecular weight is 351 g/mol. The molecule has 1 amide bonds. The van der Waals surface area contributed by atoms with Gasteiger partial charge in [-0.25, -0.2) is 4.98 Å². The van der Waals surface area contributed by atoms with Crippen LogP contribution in [0.5, 0.6) is 0 Å². The summed E-state index contributed by atoms with van der Waals surface area (Å²) >= 11 is 0. The fraction of sp³-hybridized carbons (Fsp3) is 0.550. The summed E-state index contributed by atoms with van der Waals surface area (Å²) in [5, 5.41) is 12.7. The molecule has 1 aromatic rings. The largest absolute Gasteiger partial charge is 0.355 e. The standard InChI is InChI=1S/C20H25N5O/c1-3-17-7-5-11-25(17)18(26)15-23-20(2)8-12-24(13-9-20)19-16(14-21)6-4-10-22-19/h1,4,6,10,17,23H,5,7-9,11-13,15H2,2H3/t17-/m0/s1. The normalized spacial score (nSPS) is 21.9. The number of hydrogen-bond donors (Lipinski definition) is 1. The minimum absolute atomic E-state index is 0.0486. The fourth-order valence-corrected chi connectivity index (χ4v) is 3.75. The molecule has 0 saturated carbocycles. The van der Waals surface area contributed by atoms with E-state index in [2.05, 4.69) is 34.1 Å². The van der Waals surface area contributed by atoms with E-state index in [-0.39, 0.29) is 17.5 Å². The second-order valence-corrected chi connectivity index (χ2v) is 7.30. The number of aromatic nitrogens is 1. The third-order valence-electron chi connectivity index (χ3n) is 5.51. The van der Waals surface area contributed by atoms with E-state index in [1.807, 2.05) is 4.90 Å². The Morgan fingerprint density at radius 3 is 2.92 bits per heavy atom. The highest BCUT2D eigenvalue weighted by molar-refractivity contribution is 5.79. The predicted molar refractivity (Wildman–Crippen MR) is 100 cm³/mol. The van der Waals surface area contributed by atoms with E-state index in [0.29, 0.717) is 12.1 Å². The highest BCUT2D eigenvalue weighted by Gasteiger charge is 2.33. The summed E-state index contributed by atoms with van der Waals surface area (Å²) in [7, 11) is 0. The molecule has 1 N–H and O–H groups in total.